The van der Waals surface area contributed by atoms with Crippen molar-refractivity contribution >= 4 is 35.8 Å². The monoisotopic (exact) mass is 460 g/mol. The Kier molecular flexibility index (Phi) is 9.81. The number of nitrogens with two attached hydrogens (primary N) is 1. The number of carbonyl (C=O) groups excluding carboxylic acids is 1. The molecular weight excluding hydrogens is 431 g/mol. The summed E-state index contributed by atoms with van der Waals surface area (Å²) in [6, 6.07) is 8.22. The molecule has 1 aliphatic rings. The quantitative estimate of drug-likeness (QED) is 0.387. The van der Waals surface area contributed by atoms with Crippen LogP contribution in [0.4, 0.5) is 0 Å². The Balaban J connectivity index is 0.00000312. The topological polar surface area (TPSA) is 80.0 Å². The number of benzene rings is 1. The van der Waals surface area contributed by atoms with Crippen LogP contribution in [0, 0.1) is 5.92 Å². The van der Waals surface area contributed by atoms with E-state index in [-0.39, 0.29) is 29.9 Å². The molecule has 1 amide bonds. The molecule has 0 spiro atoms. The Hall–Kier alpha value is -1.35. The number of likely N-dealkylation sites (tertiary alicyclic amines) is 1. The van der Waals surface area contributed by atoms with Crippen molar-refractivity contribution in [2.45, 2.75) is 32.4 Å². The summed E-state index contributed by atoms with van der Waals surface area (Å²) >= 11 is 0. The largest absolute Gasteiger partial charge is 0.380 e. The normalized spacial score (nSPS) is 17.8. The van der Waals surface area contributed by atoms with E-state index >= 15 is 0 Å². The Bertz CT molecular complexity index is 580. The van der Waals surface area contributed by atoms with Gasteiger partial charge in [0.15, 0.2) is 5.96 Å². The molecule has 0 bridgehead atoms. The summed E-state index contributed by atoms with van der Waals surface area (Å²) in [4.78, 5) is 17.8. The van der Waals surface area contributed by atoms with Crippen LogP contribution in [0.3, 0.4) is 0 Å². The number of amides is 1. The van der Waals surface area contributed by atoms with E-state index in [1.165, 1.54) is 11.1 Å². The van der Waals surface area contributed by atoms with Gasteiger partial charge in [-0.05, 0) is 29.9 Å². The van der Waals surface area contributed by atoms with Gasteiger partial charge in [0.25, 0.3) is 0 Å². The standard InChI is InChI=1S/C18H28N4O2.HI/c1-20-18(22-9-5-6-14(12-22)10-17(19)23)21-11-15-7-3-4-8-16(15)13-24-2;/h3-4,7-8,14H,5-6,9-13H2,1-2H3,(H2,19,23)(H,20,21);1H. The number of halogens is 1. The molecule has 1 aromatic rings. The van der Waals surface area contributed by atoms with E-state index in [9.17, 15) is 4.79 Å². The minimum atomic E-state index is -0.224. The highest BCUT2D eigenvalue weighted by Gasteiger charge is 2.23. The third kappa shape index (κ3) is 6.81. The maximum Gasteiger partial charge on any atom is 0.217 e. The first-order valence-electron chi connectivity index (χ1n) is 8.43. The van der Waals surface area contributed by atoms with E-state index < -0.39 is 0 Å². The Labute approximate surface area is 167 Å². The smallest absolute Gasteiger partial charge is 0.217 e. The van der Waals surface area contributed by atoms with Crippen LogP contribution in [-0.4, -0.2) is 44.0 Å². The van der Waals surface area contributed by atoms with E-state index in [1.54, 1.807) is 14.2 Å². The molecule has 0 saturated carbocycles. The number of aliphatic imine (C=N–C) groups is 1. The van der Waals surface area contributed by atoms with Gasteiger partial charge < -0.3 is 20.7 Å². The van der Waals surface area contributed by atoms with E-state index in [2.05, 4.69) is 27.3 Å². The van der Waals surface area contributed by atoms with Crippen LogP contribution in [0.2, 0.25) is 0 Å². The van der Waals surface area contributed by atoms with E-state index in [0.29, 0.717) is 25.5 Å². The summed E-state index contributed by atoms with van der Waals surface area (Å²) in [6.45, 7) is 3.07. The van der Waals surface area contributed by atoms with E-state index in [4.69, 9.17) is 10.5 Å². The van der Waals surface area contributed by atoms with Gasteiger partial charge in [0.1, 0.15) is 0 Å². The van der Waals surface area contributed by atoms with E-state index in [0.717, 1.165) is 31.9 Å². The zero-order valence-corrected chi connectivity index (χ0v) is 17.4. The molecule has 140 valence electrons. The first kappa shape index (κ1) is 21.7. The van der Waals surface area contributed by atoms with Crippen molar-refractivity contribution in [3.63, 3.8) is 0 Å². The number of methoxy groups -OCH3 is 1. The minimum absolute atomic E-state index is 0. The first-order chi connectivity index (χ1) is 11.6. The van der Waals surface area contributed by atoms with Crippen molar-refractivity contribution in [1.82, 2.24) is 10.2 Å². The number of hydrogen-bond donors (Lipinski definition) is 2. The number of piperidine rings is 1. The second-order valence-electron chi connectivity index (χ2n) is 6.23. The SMILES string of the molecule is CN=C(NCc1ccccc1COC)N1CCCC(CC(N)=O)C1.I. The average Bonchev–Trinajstić information content (AvgIpc) is 2.57. The molecule has 0 radical (unpaired) electrons. The van der Waals surface area contributed by atoms with Gasteiger partial charge in [-0.25, -0.2) is 0 Å². The predicted octanol–water partition coefficient (Wildman–Crippen LogP) is 2.11. The van der Waals surface area contributed by atoms with Crippen LogP contribution in [0.5, 0.6) is 0 Å². The molecule has 1 atom stereocenters. The lowest BCUT2D eigenvalue weighted by atomic mass is 9.95. The summed E-state index contributed by atoms with van der Waals surface area (Å²) in [5.41, 5.74) is 7.72. The Morgan fingerprint density at radius 1 is 1.40 bits per heavy atom. The van der Waals surface area contributed by atoms with Crippen LogP contribution in [-0.2, 0) is 22.7 Å². The maximum absolute atomic E-state index is 11.2. The van der Waals surface area contributed by atoms with Crippen LogP contribution in [0.1, 0.15) is 30.4 Å². The lowest BCUT2D eigenvalue weighted by molar-refractivity contribution is -0.119. The number of guanidine groups is 1. The lowest BCUT2D eigenvalue weighted by Gasteiger charge is -2.34. The molecule has 0 aromatic heterocycles. The second-order valence-corrected chi connectivity index (χ2v) is 6.23. The molecule has 1 heterocycles. The van der Waals surface area contributed by atoms with Crippen molar-refractivity contribution in [1.29, 1.82) is 0 Å². The summed E-state index contributed by atoms with van der Waals surface area (Å²) < 4.78 is 5.26. The zero-order chi connectivity index (χ0) is 17.4. The molecule has 1 saturated heterocycles. The third-order valence-corrected chi connectivity index (χ3v) is 4.38. The lowest BCUT2D eigenvalue weighted by Crippen LogP contribution is -2.47. The van der Waals surface area contributed by atoms with Gasteiger partial charge >= 0.3 is 0 Å². The average molecular weight is 460 g/mol. The fourth-order valence-corrected chi connectivity index (χ4v) is 3.24. The van der Waals surface area contributed by atoms with Gasteiger partial charge in [-0.3, -0.25) is 9.79 Å². The van der Waals surface area contributed by atoms with Crippen LogP contribution in [0.25, 0.3) is 0 Å². The molecule has 25 heavy (non-hydrogen) atoms. The number of rotatable bonds is 6. The molecular formula is C18H29IN4O2. The number of carbonyl (C=O) groups is 1. The van der Waals surface area contributed by atoms with Gasteiger partial charge in [-0.1, -0.05) is 24.3 Å². The number of nitrogens with one attached hydrogen (secondary N) is 1. The predicted molar refractivity (Wildman–Crippen MR) is 111 cm³/mol. The van der Waals surface area contributed by atoms with E-state index in [1.807, 2.05) is 12.1 Å². The number of nitrogens with zero attached hydrogens (tertiary/aromatic N) is 2. The van der Waals surface area contributed by atoms with Crippen molar-refractivity contribution in [2.75, 3.05) is 27.2 Å². The van der Waals surface area contributed by atoms with Gasteiger partial charge in [-0.2, -0.15) is 0 Å². The highest BCUT2D eigenvalue weighted by atomic mass is 127. The summed E-state index contributed by atoms with van der Waals surface area (Å²) in [5, 5.41) is 3.43. The molecule has 1 aromatic carbocycles. The molecule has 1 aliphatic heterocycles. The summed E-state index contributed by atoms with van der Waals surface area (Å²) in [7, 11) is 3.50. The van der Waals surface area contributed by atoms with Crippen molar-refractivity contribution in [2.24, 2.45) is 16.6 Å². The highest BCUT2D eigenvalue weighted by Crippen LogP contribution is 2.19. The summed E-state index contributed by atoms with van der Waals surface area (Å²) in [5.74, 6) is 0.963. The first-order valence-corrected chi connectivity index (χ1v) is 8.43. The molecule has 1 fully saturated rings. The summed E-state index contributed by atoms with van der Waals surface area (Å²) in [6.07, 6.45) is 2.55. The maximum atomic E-state index is 11.2. The fraction of sp³-hybridized carbons (Fsp3) is 0.556. The Morgan fingerprint density at radius 2 is 2.12 bits per heavy atom. The molecule has 3 N–H and O–H groups in total. The minimum Gasteiger partial charge on any atom is -0.380 e. The fourth-order valence-electron chi connectivity index (χ4n) is 3.24. The van der Waals surface area contributed by atoms with Gasteiger partial charge in [0.05, 0.1) is 6.61 Å². The van der Waals surface area contributed by atoms with Crippen LogP contribution in [0.15, 0.2) is 29.3 Å². The van der Waals surface area contributed by atoms with Crippen molar-refractivity contribution < 1.29 is 9.53 Å². The molecule has 7 heteroatoms. The molecule has 1 unspecified atom stereocenters. The second kappa shape index (κ2) is 11.3. The third-order valence-electron chi connectivity index (χ3n) is 4.38. The zero-order valence-electron chi connectivity index (χ0n) is 15.0. The van der Waals surface area contributed by atoms with Gasteiger partial charge in [-0.15, -0.1) is 24.0 Å². The van der Waals surface area contributed by atoms with Gasteiger partial charge in [0.2, 0.25) is 5.91 Å². The van der Waals surface area contributed by atoms with Crippen molar-refractivity contribution in [3.8, 4) is 0 Å². The van der Waals surface area contributed by atoms with Gasteiger partial charge in [0, 0.05) is 40.2 Å². The molecule has 2 rings (SSSR count). The highest BCUT2D eigenvalue weighted by molar-refractivity contribution is 14.0. The van der Waals surface area contributed by atoms with Crippen LogP contribution >= 0.6 is 24.0 Å². The van der Waals surface area contributed by atoms with Crippen molar-refractivity contribution in [3.05, 3.63) is 35.4 Å². The van der Waals surface area contributed by atoms with Crippen LogP contribution < -0.4 is 11.1 Å². The number of ether oxygens (including phenoxy) is 1. The molecule has 6 nitrogen and oxygen atoms in total. The number of hydrogen-bond acceptors (Lipinski definition) is 3. The molecule has 0 aliphatic carbocycles. The Morgan fingerprint density at radius 3 is 2.76 bits per heavy atom. The number of primary amides is 1.